The van der Waals surface area contributed by atoms with E-state index in [0.29, 0.717) is 0 Å². The van der Waals surface area contributed by atoms with Crippen LogP contribution in [-0.2, 0) is 0 Å². The molecular formula is C10H16N2. The van der Waals surface area contributed by atoms with Gasteiger partial charge in [-0.25, -0.2) is 0 Å². The molecule has 12 heavy (non-hydrogen) atoms. The van der Waals surface area contributed by atoms with Crippen LogP contribution in [0.1, 0.15) is 25.7 Å². The fraction of sp³-hybridized carbons (Fsp3) is 0.600. The van der Waals surface area contributed by atoms with Crippen molar-refractivity contribution in [3.63, 3.8) is 0 Å². The summed E-state index contributed by atoms with van der Waals surface area (Å²) in [7, 11) is 0. The maximum Gasteiger partial charge on any atom is 0.0556 e. The molecule has 1 fully saturated rings. The molecular weight excluding hydrogens is 148 g/mol. The van der Waals surface area contributed by atoms with Crippen LogP contribution >= 0.6 is 0 Å². The third-order valence-corrected chi connectivity index (χ3v) is 2.61. The largest absolute Gasteiger partial charge is 0.397 e. The Labute approximate surface area is 73.7 Å². The zero-order chi connectivity index (χ0) is 8.39. The number of hydrogen-bond donors (Lipinski definition) is 1. The van der Waals surface area contributed by atoms with Crippen molar-refractivity contribution in [3.05, 3.63) is 23.5 Å². The molecule has 0 amide bonds. The maximum atomic E-state index is 5.91. The van der Waals surface area contributed by atoms with E-state index in [9.17, 15) is 0 Å². The smallest absolute Gasteiger partial charge is 0.0556 e. The summed E-state index contributed by atoms with van der Waals surface area (Å²) < 4.78 is 0. The van der Waals surface area contributed by atoms with Gasteiger partial charge in [0, 0.05) is 13.1 Å². The Morgan fingerprint density at radius 1 is 1.08 bits per heavy atom. The maximum absolute atomic E-state index is 5.91. The van der Waals surface area contributed by atoms with Crippen molar-refractivity contribution in [1.82, 2.24) is 4.90 Å². The van der Waals surface area contributed by atoms with E-state index in [4.69, 9.17) is 5.73 Å². The van der Waals surface area contributed by atoms with Gasteiger partial charge in [0.05, 0.1) is 11.4 Å². The van der Waals surface area contributed by atoms with E-state index in [1.165, 1.54) is 31.6 Å². The molecule has 0 bridgehead atoms. The van der Waals surface area contributed by atoms with Gasteiger partial charge in [0.25, 0.3) is 0 Å². The molecule has 66 valence electrons. The van der Waals surface area contributed by atoms with Crippen LogP contribution in [0.5, 0.6) is 0 Å². The topological polar surface area (TPSA) is 29.3 Å². The molecule has 0 aromatic carbocycles. The predicted octanol–water partition coefficient (Wildman–Crippen LogP) is 1.60. The van der Waals surface area contributed by atoms with Crippen LogP contribution in [0.2, 0.25) is 0 Å². The van der Waals surface area contributed by atoms with Crippen molar-refractivity contribution in [2.45, 2.75) is 25.7 Å². The number of allylic oxidation sites excluding steroid dienone is 2. The minimum Gasteiger partial charge on any atom is -0.397 e. The van der Waals surface area contributed by atoms with E-state index >= 15 is 0 Å². The molecule has 2 rings (SSSR count). The molecule has 1 aliphatic carbocycles. The average Bonchev–Trinajstić information content (AvgIpc) is 2.57. The minimum atomic E-state index is 0.989. The summed E-state index contributed by atoms with van der Waals surface area (Å²) in [5.74, 6) is 0. The highest BCUT2D eigenvalue weighted by Crippen LogP contribution is 2.22. The molecule has 2 heteroatoms. The van der Waals surface area contributed by atoms with Crippen molar-refractivity contribution >= 4 is 0 Å². The molecule has 0 saturated carbocycles. The standard InChI is InChI=1S/C10H16N2/c11-9-5-1-2-6-10(9)12-7-3-4-8-12/h5-6H,1-4,7-8,11H2. The molecule has 0 radical (unpaired) electrons. The molecule has 1 aliphatic heterocycles. The summed E-state index contributed by atoms with van der Waals surface area (Å²) in [5, 5.41) is 0. The van der Waals surface area contributed by atoms with Crippen molar-refractivity contribution in [1.29, 1.82) is 0 Å². The summed E-state index contributed by atoms with van der Waals surface area (Å²) in [6.07, 6.45) is 9.35. The monoisotopic (exact) mass is 164 g/mol. The molecule has 0 aromatic heterocycles. The lowest BCUT2D eigenvalue weighted by Crippen LogP contribution is -2.24. The molecule has 2 N–H and O–H groups in total. The Balaban J connectivity index is 2.10. The Bertz CT molecular complexity index is 222. The first-order valence-electron chi connectivity index (χ1n) is 4.79. The fourth-order valence-corrected chi connectivity index (χ4v) is 1.95. The highest BCUT2D eigenvalue weighted by atomic mass is 15.2. The van der Waals surface area contributed by atoms with Gasteiger partial charge in [0.15, 0.2) is 0 Å². The quantitative estimate of drug-likeness (QED) is 0.638. The first-order chi connectivity index (χ1) is 5.88. The van der Waals surface area contributed by atoms with E-state index in [2.05, 4.69) is 17.1 Å². The average molecular weight is 164 g/mol. The summed E-state index contributed by atoms with van der Waals surface area (Å²) in [6.45, 7) is 2.39. The molecule has 1 saturated heterocycles. The summed E-state index contributed by atoms with van der Waals surface area (Å²) in [6, 6.07) is 0. The van der Waals surface area contributed by atoms with E-state index in [1.807, 2.05) is 0 Å². The van der Waals surface area contributed by atoms with Crippen molar-refractivity contribution in [2.75, 3.05) is 13.1 Å². The van der Waals surface area contributed by atoms with Crippen LogP contribution in [0.25, 0.3) is 0 Å². The number of rotatable bonds is 1. The van der Waals surface area contributed by atoms with Crippen LogP contribution < -0.4 is 5.73 Å². The first-order valence-corrected chi connectivity index (χ1v) is 4.79. The molecule has 0 aromatic rings. The van der Waals surface area contributed by atoms with Gasteiger partial charge in [-0.05, 0) is 25.7 Å². The number of nitrogens with two attached hydrogens (primary N) is 1. The van der Waals surface area contributed by atoms with Crippen molar-refractivity contribution in [3.8, 4) is 0 Å². The van der Waals surface area contributed by atoms with Gasteiger partial charge in [0.2, 0.25) is 0 Å². The number of nitrogens with zero attached hydrogens (tertiary/aromatic N) is 1. The minimum absolute atomic E-state index is 0.989. The van der Waals surface area contributed by atoms with E-state index in [-0.39, 0.29) is 0 Å². The lowest BCUT2D eigenvalue weighted by Gasteiger charge is -2.23. The van der Waals surface area contributed by atoms with Gasteiger partial charge in [-0.3, -0.25) is 0 Å². The second-order valence-corrected chi connectivity index (χ2v) is 3.52. The molecule has 0 unspecified atom stereocenters. The molecule has 2 nitrogen and oxygen atoms in total. The third-order valence-electron chi connectivity index (χ3n) is 2.61. The van der Waals surface area contributed by atoms with Gasteiger partial charge >= 0.3 is 0 Å². The lowest BCUT2D eigenvalue weighted by molar-refractivity contribution is 0.428. The molecule has 0 atom stereocenters. The highest BCUT2D eigenvalue weighted by Gasteiger charge is 2.17. The molecule has 2 aliphatic rings. The highest BCUT2D eigenvalue weighted by molar-refractivity contribution is 5.30. The van der Waals surface area contributed by atoms with Gasteiger partial charge < -0.3 is 10.6 Å². The Kier molecular flexibility index (Phi) is 2.07. The van der Waals surface area contributed by atoms with E-state index in [1.54, 1.807) is 0 Å². The third kappa shape index (κ3) is 1.33. The number of hydrogen-bond acceptors (Lipinski definition) is 2. The van der Waals surface area contributed by atoms with Gasteiger partial charge in [0.1, 0.15) is 0 Å². The van der Waals surface area contributed by atoms with Crippen LogP contribution in [-0.4, -0.2) is 18.0 Å². The zero-order valence-corrected chi connectivity index (χ0v) is 7.42. The Hall–Kier alpha value is -0.920. The van der Waals surface area contributed by atoms with E-state index < -0.39 is 0 Å². The van der Waals surface area contributed by atoms with E-state index in [0.717, 1.165) is 18.5 Å². The van der Waals surface area contributed by atoms with Crippen LogP contribution in [0.4, 0.5) is 0 Å². The van der Waals surface area contributed by atoms with Crippen LogP contribution in [0.3, 0.4) is 0 Å². The lowest BCUT2D eigenvalue weighted by atomic mass is 10.1. The number of likely N-dealkylation sites (tertiary alicyclic amines) is 1. The normalized spacial score (nSPS) is 23.8. The van der Waals surface area contributed by atoms with Crippen LogP contribution in [0, 0.1) is 0 Å². The zero-order valence-electron chi connectivity index (χ0n) is 7.42. The van der Waals surface area contributed by atoms with Crippen molar-refractivity contribution < 1.29 is 0 Å². The Morgan fingerprint density at radius 2 is 1.75 bits per heavy atom. The van der Waals surface area contributed by atoms with Gasteiger partial charge in [-0.2, -0.15) is 0 Å². The van der Waals surface area contributed by atoms with Crippen molar-refractivity contribution in [2.24, 2.45) is 5.73 Å². The van der Waals surface area contributed by atoms with Crippen LogP contribution in [0.15, 0.2) is 23.5 Å². The molecule has 1 heterocycles. The fourth-order valence-electron chi connectivity index (χ4n) is 1.95. The summed E-state index contributed by atoms with van der Waals surface area (Å²) >= 11 is 0. The summed E-state index contributed by atoms with van der Waals surface area (Å²) in [5.41, 5.74) is 8.19. The predicted molar refractivity (Wildman–Crippen MR) is 50.4 cm³/mol. The van der Waals surface area contributed by atoms with Gasteiger partial charge in [-0.15, -0.1) is 0 Å². The van der Waals surface area contributed by atoms with Gasteiger partial charge in [-0.1, -0.05) is 12.2 Å². The SMILES string of the molecule is NC1=CCCC=C1N1CCCC1. The first kappa shape index (κ1) is 7.71. The summed E-state index contributed by atoms with van der Waals surface area (Å²) in [4.78, 5) is 2.41. The second-order valence-electron chi connectivity index (χ2n) is 3.52. The molecule has 0 spiro atoms. The second kappa shape index (κ2) is 3.21. The Morgan fingerprint density at radius 3 is 2.42 bits per heavy atom.